The Bertz CT molecular complexity index is 881. The molecule has 136 valence electrons. The normalized spacial score (nSPS) is 16.5. The number of primary amides is 1. The fraction of sp³-hybridized carbons (Fsp3) is 0.250. The highest BCUT2D eigenvalue weighted by Crippen LogP contribution is 2.25. The molecule has 1 fully saturated rings. The molecule has 0 bridgehead atoms. The Morgan fingerprint density at radius 2 is 2.23 bits per heavy atom. The van der Waals surface area contributed by atoms with E-state index in [2.05, 4.69) is 10.4 Å². The fourth-order valence-electron chi connectivity index (χ4n) is 2.53. The summed E-state index contributed by atoms with van der Waals surface area (Å²) < 4.78 is 20.8. The van der Waals surface area contributed by atoms with Gasteiger partial charge in [0, 0.05) is 13.1 Å². The van der Waals surface area contributed by atoms with E-state index in [4.69, 9.17) is 10.5 Å². The number of carbonyl (C=O) groups excluding carboxylic acids is 3. The molecule has 2 aromatic rings. The molecular formula is C16H16FN5O4. The first-order valence-corrected chi connectivity index (χ1v) is 7.72. The number of ether oxygens (including phenoxy) is 1. The Balaban J connectivity index is 1.77. The van der Waals surface area contributed by atoms with Gasteiger partial charge >= 0.3 is 6.09 Å². The molecule has 26 heavy (non-hydrogen) atoms. The van der Waals surface area contributed by atoms with Gasteiger partial charge < -0.3 is 15.8 Å². The lowest BCUT2D eigenvalue weighted by molar-refractivity contribution is -0.119. The van der Waals surface area contributed by atoms with E-state index in [1.54, 1.807) is 0 Å². The van der Waals surface area contributed by atoms with E-state index in [0.29, 0.717) is 5.69 Å². The molecule has 1 aromatic carbocycles. The molecule has 3 N–H and O–H groups in total. The number of aromatic nitrogens is 2. The van der Waals surface area contributed by atoms with Crippen LogP contribution < -0.4 is 16.0 Å². The van der Waals surface area contributed by atoms with Crippen molar-refractivity contribution in [2.24, 2.45) is 5.73 Å². The summed E-state index contributed by atoms with van der Waals surface area (Å²) >= 11 is 0. The summed E-state index contributed by atoms with van der Waals surface area (Å²) in [6, 6.07) is 4.13. The van der Waals surface area contributed by atoms with Crippen LogP contribution in [0.25, 0.3) is 5.69 Å². The van der Waals surface area contributed by atoms with Crippen LogP contribution in [0, 0.1) is 5.82 Å². The van der Waals surface area contributed by atoms with Crippen LogP contribution in [0.5, 0.6) is 0 Å². The number of hydrogen-bond acceptors (Lipinski definition) is 5. The molecule has 0 spiro atoms. The quantitative estimate of drug-likeness (QED) is 0.807. The minimum absolute atomic E-state index is 0.101. The largest absolute Gasteiger partial charge is 0.442 e. The molecule has 3 amide bonds. The van der Waals surface area contributed by atoms with Crippen molar-refractivity contribution in [3.05, 3.63) is 42.0 Å². The van der Waals surface area contributed by atoms with E-state index in [0.717, 1.165) is 0 Å². The van der Waals surface area contributed by atoms with Crippen LogP contribution in [-0.4, -0.2) is 46.9 Å². The number of hydrogen-bond donors (Lipinski definition) is 2. The third kappa shape index (κ3) is 3.48. The number of amides is 3. The van der Waals surface area contributed by atoms with Gasteiger partial charge in [0.2, 0.25) is 5.91 Å². The van der Waals surface area contributed by atoms with Crippen molar-refractivity contribution in [2.75, 3.05) is 18.0 Å². The molecule has 10 heteroatoms. The number of cyclic esters (lactones) is 1. The van der Waals surface area contributed by atoms with E-state index in [1.807, 2.05) is 0 Å². The number of benzene rings is 1. The average Bonchev–Trinajstić information content (AvgIpc) is 3.20. The molecular weight excluding hydrogens is 345 g/mol. The molecule has 1 aliphatic rings. The van der Waals surface area contributed by atoms with Crippen molar-refractivity contribution >= 4 is 23.6 Å². The Morgan fingerprint density at radius 3 is 2.85 bits per heavy atom. The van der Waals surface area contributed by atoms with Gasteiger partial charge in [-0.25, -0.2) is 13.9 Å². The van der Waals surface area contributed by atoms with Gasteiger partial charge in [-0.3, -0.25) is 14.5 Å². The predicted octanol–water partition coefficient (Wildman–Crippen LogP) is 0.572. The van der Waals surface area contributed by atoms with Gasteiger partial charge in [-0.2, -0.15) is 5.10 Å². The maximum atomic E-state index is 14.5. The zero-order valence-electron chi connectivity index (χ0n) is 13.8. The van der Waals surface area contributed by atoms with Crippen LogP contribution in [-0.2, 0) is 9.53 Å². The SMILES string of the molecule is CC(=O)NC[C@H]1CN(c2ccc(-n3cc(C(N)=O)cn3)c(F)c2)C(=O)O1. The van der Waals surface area contributed by atoms with Crippen molar-refractivity contribution in [1.82, 2.24) is 15.1 Å². The summed E-state index contributed by atoms with van der Waals surface area (Å²) in [6.07, 6.45) is 1.41. The molecule has 9 nitrogen and oxygen atoms in total. The molecule has 1 atom stereocenters. The molecule has 1 aliphatic heterocycles. The van der Waals surface area contributed by atoms with Crippen molar-refractivity contribution in [3.8, 4) is 5.69 Å². The van der Waals surface area contributed by atoms with Crippen LogP contribution in [0.1, 0.15) is 17.3 Å². The molecule has 0 radical (unpaired) electrons. The van der Waals surface area contributed by atoms with Crippen LogP contribution >= 0.6 is 0 Å². The maximum Gasteiger partial charge on any atom is 0.414 e. The first kappa shape index (κ1) is 17.4. The highest BCUT2D eigenvalue weighted by atomic mass is 19.1. The summed E-state index contributed by atoms with van der Waals surface area (Å²) in [5.74, 6) is -1.54. The van der Waals surface area contributed by atoms with E-state index in [9.17, 15) is 18.8 Å². The standard InChI is InChI=1S/C16H16FN5O4/c1-9(23)19-6-12-8-21(16(25)26-12)11-2-3-14(13(17)4-11)22-7-10(5-20-22)15(18)24/h2-5,7,12H,6,8H2,1H3,(H2,18,24)(H,19,23)/t12-/m0/s1. The van der Waals surface area contributed by atoms with E-state index in [1.165, 1.54) is 47.1 Å². The molecule has 1 aromatic heterocycles. The first-order valence-electron chi connectivity index (χ1n) is 7.72. The number of anilines is 1. The zero-order chi connectivity index (χ0) is 18.8. The predicted molar refractivity (Wildman–Crippen MR) is 88.3 cm³/mol. The van der Waals surface area contributed by atoms with E-state index in [-0.39, 0.29) is 30.2 Å². The summed E-state index contributed by atoms with van der Waals surface area (Å²) in [4.78, 5) is 35.3. The molecule has 0 saturated carbocycles. The van der Waals surface area contributed by atoms with Gasteiger partial charge in [0.25, 0.3) is 5.91 Å². The van der Waals surface area contributed by atoms with E-state index >= 15 is 0 Å². The molecule has 2 heterocycles. The Labute approximate surface area is 147 Å². The second kappa shape index (κ2) is 6.82. The summed E-state index contributed by atoms with van der Waals surface area (Å²) in [6.45, 7) is 1.73. The fourth-order valence-corrected chi connectivity index (χ4v) is 2.53. The van der Waals surface area contributed by atoms with Crippen molar-refractivity contribution in [3.63, 3.8) is 0 Å². The van der Waals surface area contributed by atoms with Gasteiger partial charge in [0.05, 0.1) is 30.5 Å². The van der Waals surface area contributed by atoms with Crippen LogP contribution in [0.4, 0.5) is 14.9 Å². The van der Waals surface area contributed by atoms with Crippen LogP contribution in [0.3, 0.4) is 0 Å². The average molecular weight is 361 g/mol. The lowest BCUT2D eigenvalue weighted by Crippen LogP contribution is -2.33. The Morgan fingerprint density at radius 1 is 1.46 bits per heavy atom. The monoisotopic (exact) mass is 361 g/mol. The van der Waals surface area contributed by atoms with Crippen LogP contribution in [0.2, 0.25) is 0 Å². The van der Waals surface area contributed by atoms with Crippen molar-refractivity contribution < 1.29 is 23.5 Å². The van der Waals surface area contributed by atoms with Gasteiger partial charge in [0.1, 0.15) is 11.8 Å². The smallest absolute Gasteiger partial charge is 0.414 e. The topological polar surface area (TPSA) is 120 Å². The minimum atomic E-state index is -0.668. The van der Waals surface area contributed by atoms with E-state index < -0.39 is 23.9 Å². The Hall–Kier alpha value is -3.43. The second-order valence-corrected chi connectivity index (χ2v) is 5.73. The highest BCUT2D eigenvalue weighted by molar-refractivity contribution is 5.92. The molecule has 1 saturated heterocycles. The maximum absolute atomic E-state index is 14.5. The Kier molecular flexibility index (Phi) is 4.57. The molecule has 0 unspecified atom stereocenters. The third-order valence-electron chi connectivity index (χ3n) is 3.81. The zero-order valence-corrected chi connectivity index (χ0v) is 13.8. The first-order chi connectivity index (χ1) is 12.3. The number of nitrogens with zero attached hydrogens (tertiary/aromatic N) is 3. The molecule has 3 rings (SSSR count). The lowest BCUT2D eigenvalue weighted by Gasteiger charge is -2.14. The number of rotatable bonds is 5. The number of nitrogens with two attached hydrogens (primary N) is 1. The molecule has 0 aliphatic carbocycles. The second-order valence-electron chi connectivity index (χ2n) is 5.73. The summed E-state index contributed by atoms with van der Waals surface area (Å²) in [7, 11) is 0. The summed E-state index contributed by atoms with van der Waals surface area (Å²) in [5.41, 5.74) is 5.71. The number of halogens is 1. The minimum Gasteiger partial charge on any atom is -0.442 e. The number of nitrogens with one attached hydrogen (secondary N) is 1. The lowest BCUT2D eigenvalue weighted by atomic mass is 10.2. The van der Waals surface area contributed by atoms with Gasteiger partial charge in [-0.15, -0.1) is 0 Å². The van der Waals surface area contributed by atoms with Crippen molar-refractivity contribution in [1.29, 1.82) is 0 Å². The van der Waals surface area contributed by atoms with Crippen LogP contribution in [0.15, 0.2) is 30.6 Å². The van der Waals surface area contributed by atoms with Crippen molar-refractivity contribution in [2.45, 2.75) is 13.0 Å². The highest BCUT2D eigenvalue weighted by Gasteiger charge is 2.32. The third-order valence-corrected chi connectivity index (χ3v) is 3.81. The number of carbonyl (C=O) groups is 3. The summed E-state index contributed by atoms with van der Waals surface area (Å²) in [5, 5.41) is 6.46. The van der Waals surface area contributed by atoms with Gasteiger partial charge in [0.15, 0.2) is 5.82 Å². The van der Waals surface area contributed by atoms with Gasteiger partial charge in [-0.1, -0.05) is 0 Å². The van der Waals surface area contributed by atoms with Gasteiger partial charge in [-0.05, 0) is 18.2 Å².